The zero-order valence-electron chi connectivity index (χ0n) is 16.4. The SMILES string of the molecule is Cc1cn([C@@H]2CN(C3CCN(C(C)C)CC3)CC[C@@]2(C)O)c(=O)[nH]c1=O. The van der Waals surface area contributed by atoms with E-state index in [1.54, 1.807) is 20.0 Å². The summed E-state index contributed by atoms with van der Waals surface area (Å²) in [6.07, 6.45) is 4.44. The Bertz CT molecular complexity index is 744. The molecule has 146 valence electrons. The predicted molar refractivity (Wildman–Crippen MR) is 102 cm³/mol. The van der Waals surface area contributed by atoms with Gasteiger partial charge in [0.05, 0.1) is 11.6 Å². The number of piperidine rings is 2. The van der Waals surface area contributed by atoms with Crippen LogP contribution in [0.3, 0.4) is 0 Å². The molecule has 1 aromatic heterocycles. The maximum absolute atomic E-state index is 12.4. The van der Waals surface area contributed by atoms with E-state index >= 15 is 0 Å². The number of aromatic nitrogens is 2. The first kappa shape index (κ1) is 19.3. The Morgan fingerprint density at radius 2 is 1.88 bits per heavy atom. The number of nitrogens with one attached hydrogen (secondary N) is 1. The van der Waals surface area contributed by atoms with Crippen LogP contribution < -0.4 is 11.2 Å². The number of rotatable bonds is 3. The lowest BCUT2D eigenvalue weighted by Gasteiger charge is -2.48. The Hall–Kier alpha value is -1.44. The molecule has 2 atom stereocenters. The molecule has 2 N–H and O–H groups in total. The van der Waals surface area contributed by atoms with Crippen molar-refractivity contribution in [3.63, 3.8) is 0 Å². The van der Waals surface area contributed by atoms with E-state index in [1.165, 1.54) is 4.57 Å². The lowest BCUT2D eigenvalue weighted by atomic mass is 9.86. The van der Waals surface area contributed by atoms with Gasteiger partial charge in [0.25, 0.3) is 5.56 Å². The number of likely N-dealkylation sites (tertiary alicyclic amines) is 2. The third-order valence-corrected chi connectivity index (χ3v) is 6.26. The fraction of sp³-hybridized carbons (Fsp3) is 0.789. The molecular formula is C19H32N4O3. The lowest BCUT2D eigenvalue weighted by Crippen LogP contribution is -2.57. The van der Waals surface area contributed by atoms with Crippen LogP contribution in [0, 0.1) is 6.92 Å². The first-order valence-corrected chi connectivity index (χ1v) is 9.71. The van der Waals surface area contributed by atoms with Crippen LogP contribution in [0.15, 0.2) is 15.8 Å². The minimum atomic E-state index is -0.969. The molecule has 2 saturated heterocycles. The topological polar surface area (TPSA) is 81.6 Å². The average molecular weight is 364 g/mol. The van der Waals surface area contributed by atoms with Crippen LogP contribution in [0.2, 0.25) is 0 Å². The fourth-order valence-corrected chi connectivity index (χ4v) is 4.35. The van der Waals surface area contributed by atoms with Crippen molar-refractivity contribution in [3.05, 3.63) is 32.6 Å². The summed E-state index contributed by atoms with van der Waals surface area (Å²) in [7, 11) is 0. The van der Waals surface area contributed by atoms with Crippen LogP contribution in [-0.4, -0.2) is 68.3 Å². The number of aliphatic hydroxyl groups is 1. The predicted octanol–water partition coefficient (Wildman–Crippen LogP) is 0.716. The summed E-state index contributed by atoms with van der Waals surface area (Å²) in [5.41, 5.74) is -1.28. The van der Waals surface area contributed by atoms with Gasteiger partial charge in [-0.25, -0.2) is 4.79 Å². The van der Waals surface area contributed by atoms with Gasteiger partial charge in [0.15, 0.2) is 0 Å². The van der Waals surface area contributed by atoms with Crippen molar-refractivity contribution in [2.45, 2.75) is 70.7 Å². The van der Waals surface area contributed by atoms with Gasteiger partial charge in [0.1, 0.15) is 0 Å². The number of nitrogens with zero attached hydrogens (tertiary/aromatic N) is 3. The van der Waals surface area contributed by atoms with E-state index < -0.39 is 11.3 Å². The van der Waals surface area contributed by atoms with Crippen LogP contribution in [0.25, 0.3) is 0 Å². The van der Waals surface area contributed by atoms with Gasteiger partial charge in [0.2, 0.25) is 0 Å². The molecule has 0 radical (unpaired) electrons. The number of aromatic amines is 1. The Morgan fingerprint density at radius 1 is 1.23 bits per heavy atom. The molecule has 0 unspecified atom stereocenters. The minimum Gasteiger partial charge on any atom is -0.388 e. The van der Waals surface area contributed by atoms with Gasteiger partial charge in [-0.1, -0.05) is 0 Å². The van der Waals surface area contributed by atoms with Crippen LogP contribution >= 0.6 is 0 Å². The molecule has 0 spiro atoms. The van der Waals surface area contributed by atoms with E-state index in [4.69, 9.17) is 0 Å². The summed E-state index contributed by atoms with van der Waals surface area (Å²) >= 11 is 0. The monoisotopic (exact) mass is 364 g/mol. The van der Waals surface area contributed by atoms with Crippen molar-refractivity contribution >= 4 is 0 Å². The average Bonchev–Trinajstić information content (AvgIpc) is 2.58. The van der Waals surface area contributed by atoms with Crippen molar-refractivity contribution < 1.29 is 5.11 Å². The van der Waals surface area contributed by atoms with Crippen molar-refractivity contribution in [3.8, 4) is 0 Å². The van der Waals surface area contributed by atoms with Gasteiger partial charge in [-0.2, -0.15) is 0 Å². The summed E-state index contributed by atoms with van der Waals surface area (Å²) in [4.78, 5) is 31.3. The number of hydrogen-bond donors (Lipinski definition) is 2. The molecule has 0 aromatic carbocycles. The highest BCUT2D eigenvalue weighted by molar-refractivity contribution is 5.05. The van der Waals surface area contributed by atoms with Gasteiger partial charge in [0, 0.05) is 36.9 Å². The second kappa shape index (κ2) is 7.29. The highest BCUT2D eigenvalue weighted by atomic mass is 16.3. The lowest BCUT2D eigenvalue weighted by molar-refractivity contribution is -0.0677. The van der Waals surface area contributed by atoms with Crippen molar-refractivity contribution in [1.82, 2.24) is 19.4 Å². The number of hydrogen-bond acceptors (Lipinski definition) is 5. The third kappa shape index (κ3) is 3.80. The molecule has 0 aliphatic carbocycles. The zero-order chi connectivity index (χ0) is 19.1. The standard InChI is InChI=1S/C19H32N4O3/c1-13(2)21-8-5-15(6-9-21)22-10-7-19(4,26)16(12-22)23-11-14(3)17(24)20-18(23)25/h11,13,15-16,26H,5-10,12H2,1-4H3,(H,20,24,25)/t16-,19-/m1/s1. The van der Waals surface area contributed by atoms with Gasteiger partial charge >= 0.3 is 5.69 Å². The first-order chi connectivity index (χ1) is 12.2. The molecule has 1 aromatic rings. The fourth-order valence-electron chi connectivity index (χ4n) is 4.35. The Kier molecular flexibility index (Phi) is 5.42. The van der Waals surface area contributed by atoms with E-state index in [9.17, 15) is 14.7 Å². The highest BCUT2D eigenvalue weighted by Gasteiger charge is 2.41. The first-order valence-electron chi connectivity index (χ1n) is 9.71. The van der Waals surface area contributed by atoms with Gasteiger partial charge in [-0.15, -0.1) is 0 Å². The maximum atomic E-state index is 12.4. The van der Waals surface area contributed by atoms with Crippen LogP contribution in [-0.2, 0) is 0 Å². The van der Waals surface area contributed by atoms with Crippen LogP contribution in [0.1, 0.15) is 51.6 Å². The second-order valence-corrected chi connectivity index (χ2v) is 8.46. The normalized spacial score (nSPS) is 29.4. The number of aryl methyl sites for hydroxylation is 1. The van der Waals surface area contributed by atoms with Gasteiger partial charge in [-0.3, -0.25) is 19.2 Å². The van der Waals surface area contributed by atoms with E-state index in [0.29, 0.717) is 30.6 Å². The van der Waals surface area contributed by atoms with Crippen molar-refractivity contribution in [2.24, 2.45) is 0 Å². The summed E-state index contributed by atoms with van der Waals surface area (Å²) < 4.78 is 1.52. The highest BCUT2D eigenvalue weighted by Crippen LogP contribution is 2.33. The molecule has 7 heteroatoms. The summed E-state index contributed by atoms with van der Waals surface area (Å²) in [6, 6.07) is 0.707. The van der Waals surface area contributed by atoms with E-state index in [-0.39, 0.29) is 11.6 Å². The van der Waals surface area contributed by atoms with Crippen molar-refractivity contribution in [2.75, 3.05) is 26.2 Å². The smallest absolute Gasteiger partial charge is 0.328 e. The Labute approximate surface area is 154 Å². The zero-order valence-corrected chi connectivity index (χ0v) is 16.4. The molecule has 3 rings (SSSR count). The van der Waals surface area contributed by atoms with Gasteiger partial charge in [-0.05, 0) is 60.0 Å². The molecule has 0 amide bonds. The third-order valence-electron chi connectivity index (χ3n) is 6.26. The Balaban J connectivity index is 1.79. The van der Waals surface area contributed by atoms with Crippen molar-refractivity contribution in [1.29, 1.82) is 0 Å². The molecule has 0 saturated carbocycles. The van der Waals surface area contributed by atoms with E-state index in [2.05, 4.69) is 28.6 Å². The van der Waals surface area contributed by atoms with E-state index in [0.717, 1.165) is 32.5 Å². The quantitative estimate of drug-likeness (QED) is 0.826. The molecule has 7 nitrogen and oxygen atoms in total. The van der Waals surface area contributed by atoms with Crippen LogP contribution in [0.5, 0.6) is 0 Å². The maximum Gasteiger partial charge on any atom is 0.328 e. The molecule has 26 heavy (non-hydrogen) atoms. The molecule has 0 bridgehead atoms. The van der Waals surface area contributed by atoms with Gasteiger partial charge < -0.3 is 10.0 Å². The molecular weight excluding hydrogens is 332 g/mol. The summed E-state index contributed by atoms with van der Waals surface area (Å²) in [5.74, 6) is 0. The molecule has 2 aliphatic heterocycles. The largest absolute Gasteiger partial charge is 0.388 e. The minimum absolute atomic E-state index is 0.359. The summed E-state index contributed by atoms with van der Waals surface area (Å²) in [5, 5.41) is 10.9. The Morgan fingerprint density at radius 3 is 2.50 bits per heavy atom. The van der Waals surface area contributed by atoms with E-state index in [1.807, 2.05) is 0 Å². The molecule has 2 fully saturated rings. The number of H-pyrrole nitrogens is 1. The second-order valence-electron chi connectivity index (χ2n) is 8.46. The summed E-state index contributed by atoms with van der Waals surface area (Å²) in [6.45, 7) is 11.6. The van der Waals surface area contributed by atoms with Crippen LogP contribution in [0.4, 0.5) is 0 Å². The molecule has 2 aliphatic rings. The molecule has 3 heterocycles.